The average Bonchev–Trinajstić information content (AvgIpc) is 2.93. The van der Waals surface area contributed by atoms with Crippen molar-refractivity contribution in [1.29, 1.82) is 0 Å². The summed E-state index contributed by atoms with van der Waals surface area (Å²) in [6, 6.07) is 13.9. The number of nitrogens with zero attached hydrogens (tertiary/aromatic N) is 1. The Balaban J connectivity index is 0.00000385. The number of hydrogen-bond donors (Lipinski definition) is 2. The summed E-state index contributed by atoms with van der Waals surface area (Å²) in [5, 5.41) is 2.77. The summed E-state index contributed by atoms with van der Waals surface area (Å²) in [7, 11) is 2.09. The van der Waals surface area contributed by atoms with E-state index in [4.69, 9.17) is 4.74 Å². The third kappa shape index (κ3) is 7.21. The first kappa shape index (κ1) is 26.7. The predicted molar refractivity (Wildman–Crippen MR) is 129 cm³/mol. The molecule has 0 aromatic heterocycles. The number of halogens is 1. The van der Waals surface area contributed by atoms with Crippen LogP contribution in [0.25, 0.3) is 0 Å². The van der Waals surface area contributed by atoms with E-state index < -0.39 is 6.09 Å². The van der Waals surface area contributed by atoms with Gasteiger partial charge in [-0.25, -0.2) is 4.79 Å². The van der Waals surface area contributed by atoms with Crippen molar-refractivity contribution < 1.29 is 31.6 Å². The van der Waals surface area contributed by atoms with E-state index in [0.717, 1.165) is 48.3 Å². The van der Waals surface area contributed by atoms with Gasteiger partial charge >= 0.3 is 6.09 Å². The summed E-state index contributed by atoms with van der Waals surface area (Å²) in [5.74, 6) is 0.0712. The van der Waals surface area contributed by atoms with Crippen LogP contribution >= 0.6 is 0 Å². The molecule has 0 aliphatic carbocycles. The average molecular weight is 474 g/mol. The van der Waals surface area contributed by atoms with Crippen LogP contribution in [-0.4, -0.2) is 38.7 Å². The van der Waals surface area contributed by atoms with Gasteiger partial charge in [0.25, 0.3) is 5.91 Å². The topological polar surface area (TPSA) is 63.1 Å². The van der Waals surface area contributed by atoms with Crippen molar-refractivity contribution in [2.24, 2.45) is 0 Å². The molecule has 6 nitrogen and oxygen atoms in total. The molecule has 0 bridgehead atoms. The smallest absolute Gasteiger partial charge is 0.411 e. The van der Waals surface area contributed by atoms with Crippen LogP contribution in [0.3, 0.4) is 0 Å². The van der Waals surface area contributed by atoms with Crippen LogP contribution in [0.4, 0.5) is 21.9 Å². The SMILES string of the molecule is CCCCCC[NH+](C)CC(=O)N1c2ccccc2CCc2ccc(NC(=O)OCC)cc21.[Cl-]. The Bertz CT molecular complexity index is 935. The highest BCUT2D eigenvalue weighted by atomic mass is 35.5. The number of quaternary nitrogens is 1. The monoisotopic (exact) mass is 473 g/mol. The van der Waals surface area contributed by atoms with E-state index in [-0.39, 0.29) is 18.3 Å². The summed E-state index contributed by atoms with van der Waals surface area (Å²) in [6.07, 6.45) is 6.02. The van der Waals surface area contributed by atoms with Gasteiger partial charge in [-0.1, -0.05) is 44.0 Å². The number of amides is 2. The second-order valence-corrected chi connectivity index (χ2v) is 8.49. The number of nitrogens with one attached hydrogen (secondary N) is 2. The Morgan fingerprint density at radius 1 is 1.00 bits per heavy atom. The Morgan fingerprint density at radius 2 is 1.73 bits per heavy atom. The summed E-state index contributed by atoms with van der Waals surface area (Å²) < 4.78 is 5.02. The molecule has 1 aliphatic heterocycles. The first-order chi connectivity index (χ1) is 15.5. The highest BCUT2D eigenvalue weighted by molar-refractivity contribution is 6.03. The molecule has 0 saturated carbocycles. The predicted octanol–water partition coefficient (Wildman–Crippen LogP) is 1.12. The molecule has 0 fully saturated rings. The number of likely N-dealkylation sites (N-methyl/N-ethyl adjacent to an activating group) is 1. The molecular formula is C26H36ClN3O3. The number of carbonyl (C=O) groups is 2. The maximum Gasteiger partial charge on any atom is 0.411 e. The molecule has 7 heteroatoms. The molecule has 0 radical (unpaired) electrons. The second kappa shape index (κ2) is 13.2. The van der Waals surface area contributed by atoms with Crippen molar-refractivity contribution in [2.45, 2.75) is 52.4 Å². The Kier molecular flexibility index (Phi) is 10.7. The van der Waals surface area contributed by atoms with Crippen molar-refractivity contribution in [1.82, 2.24) is 0 Å². The number of benzene rings is 2. The van der Waals surface area contributed by atoms with Crippen LogP contribution in [0, 0.1) is 0 Å². The maximum absolute atomic E-state index is 13.6. The fourth-order valence-corrected chi connectivity index (χ4v) is 4.23. The van der Waals surface area contributed by atoms with Gasteiger partial charge in [-0.2, -0.15) is 0 Å². The number of rotatable bonds is 9. The lowest BCUT2D eigenvalue weighted by molar-refractivity contribution is -0.871. The molecule has 1 unspecified atom stereocenters. The normalized spacial score (nSPS) is 13.1. The molecule has 2 aromatic rings. The highest BCUT2D eigenvalue weighted by Crippen LogP contribution is 2.37. The molecule has 0 saturated heterocycles. The Hall–Kier alpha value is -2.57. The summed E-state index contributed by atoms with van der Waals surface area (Å²) in [6.45, 7) is 5.70. The van der Waals surface area contributed by atoms with Gasteiger partial charge in [0, 0.05) is 5.69 Å². The fraction of sp³-hybridized carbons (Fsp3) is 0.462. The van der Waals surface area contributed by atoms with Crippen LogP contribution in [0.2, 0.25) is 0 Å². The molecule has 3 rings (SSSR count). The zero-order valence-electron chi connectivity index (χ0n) is 20.0. The zero-order chi connectivity index (χ0) is 22.9. The van der Waals surface area contributed by atoms with Crippen molar-refractivity contribution in [3.05, 3.63) is 53.6 Å². The van der Waals surface area contributed by atoms with Gasteiger partial charge in [0.15, 0.2) is 6.54 Å². The standard InChI is InChI=1S/C26H35N3O3.ClH/c1-4-6-7-10-17-28(3)19-25(30)29-23-12-9-8-11-20(23)13-14-21-15-16-22(18-24(21)29)27-26(31)32-5-2;/h8-9,11-12,15-16,18H,4-7,10,13-14,17,19H2,1-3H3,(H,27,31);1H. The van der Waals surface area contributed by atoms with Crippen LogP contribution in [0.15, 0.2) is 42.5 Å². The second-order valence-electron chi connectivity index (χ2n) is 8.49. The molecule has 1 atom stereocenters. The van der Waals surface area contributed by atoms with Crippen LogP contribution in [0.5, 0.6) is 0 Å². The minimum atomic E-state index is -0.490. The molecule has 0 spiro atoms. The van der Waals surface area contributed by atoms with Gasteiger partial charge < -0.3 is 22.0 Å². The van der Waals surface area contributed by atoms with Crippen molar-refractivity contribution in [3.8, 4) is 0 Å². The number of carbonyl (C=O) groups excluding carboxylic acids is 2. The summed E-state index contributed by atoms with van der Waals surface area (Å²) >= 11 is 0. The summed E-state index contributed by atoms with van der Waals surface area (Å²) in [5.41, 5.74) is 4.66. The minimum absolute atomic E-state index is 0. The van der Waals surface area contributed by atoms with E-state index in [1.165, 1.54) is 24.2 Å². The number of fused-ring (bicyclic) bond motifs is 2. The van der Waals surface area contributed by atoms with Gasteiger partial charge in [-0.3, -0.25) is 15.0 Å². The van der Waals surface area contributed by atoms with Crippen molar-refractivity contribution >= 4 is 29.1 Å². The molecule has 2 N–H and O–H groups in total. The zero-order valence-corrected chi connectivity index (χ0v) is 20.7. The number of unbranched alkanes of at least 4 members (excludes halogenated alkanes) is 3. The number of aryl methyl sites for hydroxylation is 2. The van der Waals surface area contributed by atoms with Crippen LogP contribution in [0.1, 0.15) is 50.7 Å². The highest BCUT2D eigenvalue weighted by Gasteiger charge is 2.28. The summed E-state index contributed by atoms with van der Waals surface area (Å²) in [4.78, 5) is 28.6. The van der Waals surface area contributed by atoms with Gasteiger partial charge in [-0.15, -0.1) is 0 Å². The minimum Gasteiger partial charge on any atom is -1.00 e. The van der Waals surface area contributed by atoms with E-state index in [1.54, 1.807) is 6.92 Å². The van der Waals surface area contributed by atoms with Gasteiger partial charge in [0.05, 0.1) is 31.6 Å². The number of anilines is 3. The molecule has 2 aromatic carbocycles. The van der Waals surface area contributed by atoms with Crippen molar-refractivity contribution in [3.63, 3.8) is 0 Å². The van der Waals surface area contributed by atoms with E-state index in [2.05, 4.69) is 25.4 Å². The molecule has 1 heterocycles. The third-order valence-electron chi connectivity index (χ3n) is 5.90. The quantitative estimate of drug-likeness (QED) is 0.536. The molecule has 2 amide bonds. The van der Waals surface area contributed by atoms with Gasteiger partial charge in [0.2, 0.25) is 0 Å². The maximum atomic E-state index is 13.6. The number of para-hydroxylation sites is 1. The lowest BCUT2D eigenvalue weighted by atomic mass is 10.0. The van der Waals surface area contributed by atoms with E-state index >= 15 is 0 Å². The largest absolute Gasteiger partial charge is 1.00 e. The fourth-order valence-electron chi connectivity index (χ4n) is 4.23. The molecule has 180 valence electrons. The number of hydrogen-bond acceptors (Lipinski definition) is 3. The first-order valence-electron chi connectivity index (χ1n) is 11.8. The van der Waals surface area contributed by atoms with E-state index in [0.29, 0.717) is 18.8 Å². The third-order valence-corrected chi connectivity index (χ3v) is 5.90. The van der Waals surface area contributed by atoms with Crippen molar-refractivity contribution in [2.75, 3.05) is 37.0 Å². The Morgan fingerprint density at radius 3 is 2.45 bits per heavy atom. The number of ether oxygens (including phenoxy) is 1. The molecule has 33 heavy (non-hydrogen) atoms. The lowest BCUT2D eigenvalue weighted by Crippen LogP contribution is -3.10. The molecule has 1 aliphatic rings. The van der Waals surface area contributed by atoms with E-state index in [1.807, 2.05) is 41.3 Å². The van der Waals surface area contributed by atoms with Crippen LogP contribution in [-0.2, 0) is 22.4 Å². The molecular weight excluding hydrogens is 438 g/mol. The Labute approximate surface area is 203 Å². The lowest BCUT2D eigenvalue weighted by Gasteiger charge is -2.26. The van der Waals surface area contributed by atoms with Crippen LogP contribution < -0.4 is 27.5 Å². The first-order valence-corrected chi connectivity index (χ1v) is 11.8. The van der Waals surface area contributed by atoms with Gasteiger partial charge in [0.1, 0.15) is 0 Å². The van der Waals surface area contributed by atoms with E-state index in [9.17, 15) is 9.59 Å². The van der Waals surface area contributed by atoms with Gasteiger partial charge in [-0.05, 0) is 61.9 Å².